The van der Waals surface area contributed by atoms with Crippen LogP contribution in [0.2, 0.25) is 0 Å². The van der Waals surface area contributed by atoms with E-state index in [4.69, 9.17) is 14.2 Å². The number of benzene rings is 2. The third-order valence-electron chi connectivity index (χ3n) is 12.7. The average molecular weight is 1030 g/mol. The molecule has 1 aliphatic carbocycles. The predicted octanol–water partition coefficient (Wildman–Crippen LogP) is 6.45. The largest absolute Gasteiger partial charge is 0.497 e. The van der Waals surface area contributed by atoms with Crippen molar-refractivity contribution in [2.24, 2.45) is 17.8 Å². The first kappa shape index (κ1) is 64.7. The number of rotatable bonds is 26. The van der Waals surface area contributed by atoms with Crippen molar-refractivity contribution >= 4 is 54.1 Å². The molecule has 4 unspecified atom stereocenters. The molecule has 1 heterocycles. The quantitative estimate of drug-likeness (QED) is 0.0398. The van der Waals surface area contributed by atoms with Gasteiger partial charge in [-0.2, -0.15) is 0 Å². The normalized spacial score (nSPS) is 16.7. The minimum Gasteiger partial charge on any atom is -0.497 e. The zero-order valence-electron chi connectivity index (χ0n) is 45.2. The number of methoxy groups -OCH3 is 3. The van der Waals surface area contributed by atoms with Crippen molar-refractivity contribution in [3.8, 4) is 11.5 Å². The molecule has 3 N–H and O–H groups in total. The van der Waals surface area contributed by atoms with E-state index in [0.717, 1.165) is 37.2 Å². The number of carbonyl (C=O) groups is 6. The summed E-state index contributed by atoms with van der Waals surface area (Å²) >= 11 is 1.40. The molecule has 4 rings (SSSR count). The van der Waals surface area contributed by atoms with Gasteiger partial charge in [-0.15, -0.1) is 0 Å². The second kappa shape index (κ2) is 34.9. The number of hydrogen-bond donors (Lipinski definition) is 3. The highest BCUT2D eigenvalue weighted by Gasteiger charge is 2.42. The van der Waals surface area contributed by atoms with E-state index in [9.17, 15) is 38.9 Å². The first-order valence-electron chi connectivity index (χ1n) is 24.9. The van der Waals surface area contributed by atoms with Crippen LogP contribution in [-0.2, 0) is 44.7 Å². The lowest BCUT2D eigenvalue weighted by atomic mass is 9.90. The Morgan fingerprint density at radius 1 is 0.875 bits per heavy atom. The number of nitro groups is 1. The third-order valence-corrected chi connectivity index (χ3v) is 13.9. The molecular formula is C52H85N7O12S. The zero-order valence-corrected chi connectivity index (χ0v) is 46.0. The van der Waals surface area contributed by atoms with E-state index >= 15 is 0 Å². The monoisotopic (exact) mass is 1030 g/mol. The fourth-order valence-electron chi connectivity index (χ4n) is 7.79. The van der Waals surface area contributed by atoms with Crippen molar-refractivity contribution in [2.75, 3.05) is 55.6 Å². The van der Waals surface area contributed by atoms with Crippen molar-refractivity contribution in [1.29, 1.82) is 0 Å². The van der Waals surface area contributed by atoms with Crippen LogP contribution in [0, 0.1) is 27.9 Å². The van der Waals surface area contributed by atoms with Gasteiger partial charge >= 0.3 is 0 Å². The molecule has 2 aliphatic rings. The zero-order chi connectivity index (χ0) is 54.5. The van der Waals surface area contributed by atoms with Crippen LogP contribution < -0.4 is 24.8 Å². The van der Waals surface area contributed by atoms with E-state index in [2.05, 4.69) is 73.7 Å². The molecule has 19 nitrogen and oxygen atoms in total. The topological polar surface area (TPSA) is 228 Å². The molecule has 0 bridgehead atoms. The fourth-order valence-corrected chi connectivity index (χ4v) is 8.58. The number of ether oxygens (including phenoxy) is 4. The van der Waals surface area contributed by atoms with E-state index < -0.39 is 35.1 Å². The van der Waals surface area contributed by atoms with Gasteiger partial charge in [0, 0.05) is 57.7 Å². The second-order valence-corrected chi connectivity index (χ2v) is 19.8. The molecule has 2 aromatic rings. The van der Waals surface area contributed by atoms with Crippen LogP contribution in [0.4, 0.5) is 5.69 Å². The van der Waals surface area contributed by atoms with Gasteiger partial charge in [0.2, 0.25) is 24.1 Å². The molecule has 0 radical (unpaired) electrons. The summed E-state index contributed by atoms with van der Waals surface area (Å²) in [6.45, 7) is 17.4. The van der Waals surface area contributed by atoms with E-state index in [0.29, 0.717) is 42.8 Å². The van der Waals surface area contributed by atoms with E-state index in [1.807, 2.05) is 38.1 Å². The average Bonchev–Trinajstić information content (AvgIpc) is 4.08. The van der Waals surface area contributed by atoms with Gasteiger partial charge in [0.05, 0.1) is 55.2 Å². The van der Waals surface area contributed by atoms with Crippen molar-refractivity contribution < 1.29 is 52.6 Å². The molecule has 5 amide bonds. The highest BCUT2D eigenvalue weighted by Crippen LogP contribution is 2.32. The molecule has 0 aromatic heterocycles. The maximum Gasteiger partial charge on any atom is 0.298 e. The minimum atomic E-state index is -0.810. The Labute approximate surface area is 432 Å². The smallest absolute Gasteiger partial charge is 0.298 e. The summed E-state index contributed by atoms with van der Waals surface area (Å²) in [5.74, 6) is 0.0434. The summed E-state index contributed by atoms with van der Waals surface area (Å²) in [6, 6.07) is 11.7. The minimum absolute atomic E-state index is 0.0125. The predicted molar refractivity (Wildman–Crippen MR) is 281 cm³/mol. The molecule has 1 aliphatic heterocycles. The molecule has 2 fully saturated rings. The summed E-state index contributed by atoms with van der Waals surface area (Å²) in [4.78, 5) is 89.7. The van der Waals surface area contributed by atoms with Crippen LogP contribution in [0.15, 0.2) is 48.5 Å². The molecule has 1 saturated carbocycles. The number of likely N-dealkylation sites (N-methyl/N-ethyl adjacent to an activating group) is 1. The molecule has 72 heavy (non-hydrogen) atoms. The Kier molecular flexibility index (Phi) is 31.4. The van der Waals surface area contributed by atoms with E-state index in [-0.39, 0.29) is 66.5 Å². The van der Waals surface area contributed by atoms with Crippen LogP contribution in [0.25, 0.3) is 0 Å². The first-order valence-corrected chi connectivity index (χ1v) is 25.8. The van der Waals surface area contributed by atoms with Crippen LogP contribution in [0.3, 0.4) is 0 Å². The van der Waals surface area contributed by atoms with Crippen molar-refractivity contribution in [1.82, 2.24) is 30.1 Å². The van der Waals surface area contributed by atoms with Crippen LogP contribution in [0.1, 0.15) is 106 Å². The Bertz CT molecular complexity index is 1910. The standard InChI is InChI=1S/C35H55N5O8S.C7H5NO4.C7H17N.C3H8/c1-8-22(2)32(39(4)31(43)20-36-21-41)29(47-6)19-30(42)40-17-9-10-28(40)33(48-7)23(3)34(44)37-27(35(45)38-49-26-15-16-26)18-24-11-13-25(46-5)14-12-24;9-5-12-7-3-1-6(2-4-7)8(10)11;1-6(2)7(3)8(4)5;1-3-2/h11-14,21-23,26-29,32-33H,8-10,15-20H2,1-7H3,(H,36,41)(H,37,44)(H,38,45);1-5H;6-7H,1-5H3;3H2,1-2H3/t22-,23+,27-,28-,29?,32?,33?;;;/m0.../s1. The lowest BCUT2D eigenvalue weighted by Crippen LogP contribution is -2.55. The summed E-state index contributed by atoms with van der Waals surface area (Å²) in [5, 5.41) is 16.0. The first-order chi connectivity index (χ1) is 34.2. The number of nitro benzene ring substituents is 1. The third kappa shape index (κ3) is 22.6. The molecule has 1 saturated heterocycles. The number of amides is 5. The molecule has 0 spiro atoms. The second-order valence-electron chi connectivity index (χ2n) is 18.7. The lowest BCUT2D eigenvalue weighted by Gasteiger charge is -2.39. The highest BCUT2D eigenvalue weighted by atomic mass is 32.2. The van der Waals surface area contributed by atoms with Crippen LogP contribution >= 0.6 is 11.9 Å². The summed E-state index contributed by atoms with van der Waals surface area (Å²) in [6.07, 6.45) is 5.09. The van der Waals surface area contributed by atoms with Gasteiger partial charge in [0.25, 0.3) is 18.1 Å². The van der Waals surface area contributed by atoms with E-state index in [1.54, 1.807) is 30.9 Å². The van der Waals surface area contributed by atoms with Crippen LogP contribution in [0.5, 0.6) is 11.5 Å². The van der Waals surface area contributed by atoms with Gasteiger partial charge in [-0.05, 0) is 100 Å². The summed E-state index contributed by atoms with van der Waals surface area (Å²) in [7, 11) is 10.5. The Morgan fingerprint density at radius 3 is 1.93 bits per heavy atom. The van der Waals surface area contributed by atoms with Gasteiger partial charge in [0.1, 0.15) is 17.5 Å². The van der Waals surface area contributed by atoms with Gasteiger partial charge in [-0.25, -0.2) is 0 Å². The number of non-ortho nitro benzene ring substituents is 1. The van der Waals surface area contributed by atoms with Gasteiger partial charge in [-0.1, -0.05) is 73.4 Å². The van der Waals surface area contributed by atoms with Crippen molar-refractivity contribution in [3.63, 3.8) is 0 Å². The van der Waals surface area contributed by atoms with Crippen molar-refractivity contribution in [3.05, 3.63) is 64.2 Å². The SMILES string of the molecule is CC(C)C(C)N(C)C.CCC.CC[C@H](C)C(C(CC(=O)N1CCC[C@H]1C(OC)[C@@H](C)C(=O)N[C@@H](Cc1ccc(OC)cc1)C(=O)NSC1CC1)OC)N(C)C(=O)CNC=O.O=COc1ccc([N+](=O)[O-])cc1. The van der Waals surface area contributed by atoms with Gasteiger partial charge in [-0.3, -0.25) is 43.6 Å². The van der Waals surface area contributed by atoms with Gasteiger partial charge < -0.3 is 44.3 Å². The lowest BCUT2D eigenvalue weighted by molar-refractivity contribution is -0.384. The maximum absolute atomic E-state index is 13.9. The summed E-state index contributed by atoms with van der Waals surface area (Å²) in [5.41, 5.74) is 0.838. The molecule has 20 heteroatoms. The maximum atomic E-state index is 13.9. The van der Waals surface area contributed by atoms with Gasteiger partial charge in [0.15, 0.2) is 0 Å². The van der Waals surface area contributed by atoms with E-state index in [1.165, 1.54) is 56.9 Å². The Hall–Kier alpha value is -5.31. The van der Waals surface area contributed by atoms with Crippen LogP contribution in [-0.4, -0.2) is 153 Å². The van der Waals surface area contributed by atoms with Crippen molar-refractivity contribution in [2.45, 2.75) is 148 Å². The molecule has 2 aromatic carbocycles. The summed E-state index contributed by atoms with van der Waals surface area (Å²) < 4.78 is 24.4. The molecular weight excluding hydrogens is 947 g/mol. The fraction of sp³-hybridized carbons (Fsp3) is 0.654. The number of nitrogens with zero attached hydrogens (tertiary/aromatic N) is 4. The number of likely N-dealkylation sites (tertiary alicyclic amines) is 1. The number of nitrogens with one attached hydrogen (secondary N) is 3. The molecule has 406 valence electrons. The molecule has 8 atom stereocenters. The Morgan fingerprint density at radius 2 is 1.47 bits per heavy atom. The number of carbonyl (C=O) groups excluding carboxylic acids is 6. The number of hydrogen-bond acceptors (Lipinski definition) is 14. The highest BCUT2D eigenvalue weighted by molar-refractivity contribution is 7.98. The Balaban J connectivity index is 0.000000920.